The summed E-state index contributed by atoms with van der Waals surface area (Å²) in [6.45, 7) is 0. The Balaban J connectivity index is 1.21. The topological polar surface area (TPSA) is 13.1 Å². The Morgan fingerprint density at radius 3 is 1.34 bits per heavy atom. The van der Waals surface area contributed by atoms with E-state index in [0.29, 0.717) is 0 Å². The Morgan fingerprint density at radius 2 is 0.679 bits per heavy atom. The first-order chi connectivity index (χ1) is 26.3. The summed E-state index contributed by atoms with van der Waals surface area (Å²) < 4.78 is 7.14. The van der Waals surface area contributed by atoms with Crippen molar-refractivity contribution in [3.8, 4) is 22.3 Å². The number of rotatable bonds is 2. The largest absolute Gasteiger partial charge is 0.455 e. The molecule has 0 saturated heterocycles. The van der Waals surface area contributed by atoms with Gasteiger partial charge in [0.1, 0.15) is 11.2 Å². The number of hydrogen-bond donors (Lipinski definition) is 0. The molecule has 242 valence electrons. The van der Waals surface area contributed by atoms with Crippen LogP contribution in [-0.4, -0.2) is 0 Å². The van der Waals surface area contributed by atoms with Crippen LogP contribution in [0.15, 0.2) is 174 Å². The van der Waals surface area contributed by atoms with E-state index in [-0.39, 0.29) is 0 Å². The zero-order chi connectivity index (χ0) is 34.4. The number of fused-ring (bicyclic) bond motifs is 7. The maximum atomic E-state index is 7.14. The predicted molar refractivity (Wildman–Crippen MR) is 227 cm³/mol. The summed E-state index contributed by atoms with van der Waals surface area (Å²) >= 11 is 0. The Morgan fingerprint density at radius 1 is 0.226 bits per heavy atom. The number of furan rings is 1. The van der Waals surface area contributed by atoms with Crippen molar-refractivity contribution in [1.29, 1.82) is 0 Å². The Bertz CT molecular complexity index is 3640. The normalized spacial score (nSPS) is 12.5. The molecule has 13 rings (SSSR count). The molecule has 13 aromatic rings. The van der Waals surface area contributed by atoms with Crippen LogP contribution < -0.4 is 0 Å². The third-order valence-electron chi connectivity index (χ3n) is 12.1. The van der Waals surface area contributed by atoms with Crippen molar-refractivity contribution >= 4 is 108 Å². The summed E-state index contributed by atoms with van der Waals surface area (Å²) in [6.07, 6.45) is 0. The number of hydrogen-bond acceptors (Lipinski definition) is 1. The Labute approximate surface area is 303 Å². The second-order valence-electron chi connectivity index (χ2n) is 14.7. The molecule has 0 atom stereocenters. The Hall–Kier alpha value is -6.96. The highest BCUT2D eigenvalue weighted by Gasteiger charge is 2.22. The highest BCUT2D eigenvalue weighted by Crippen LogP contribution is 2.49. The van der Waals surface area contributed by atoms with Crippen molar-refractivity contribution in [3.63, 3.8) is 0 Å². The highest BCUT2D eigenvalue weighted by molar-refractivity contribution is 6.32. The Kier molecular flexibility index (Phi) is 5.17. The molecule has 12 aromatic carbocycles. The zero-order valence-corrected chi connectivity index (χ0v) is 28.6. The monoisotopic (exact) mass is 668 g/mol. The van der Waals surface area contributed by atoms with Crippen LogP contribution in [0.25, 0.3) is 130 Å². The van der Waals surface area contributed by atoms with Crippen molar-refractivity contribution in [2.75, 3.05) is 0 Å². The fourth-order valence-electron chi connectivity index (χ4n) is 9.81. The molecule has 1 aromatic heterocycles. The van der Waals surface area contributed by atoms with Gasteiger partial charge in [-0.3, -0.25) is 0 Å². The van der Waals surface area contributed by atoms with Crippen LogP contribution in [0.5, 0.6) is 0 Å². The van der Waals surface area contributed by atoms with Crippen LogP contribution in [0.3, 0.4) is 0 Å². The van der Waals surface area contributed by atoms with E-state index in [1.165, 1.54) is 103 Å². The van der Waals surface area contributed by atoms with Crippen LogP contribution in [-0.2, 0) is 0 Å². The van der Waals surface area contributed by atoms with Crippen LogP contribution >= 0.6 is 0 Å². The minimum atomic E-state index is 0.936. The van der Waals surface area contributed by atoms with Crippen molar-refractivity contribution in [1.82, 2.24) is 0 Å². The second kappa shape index (κ2) is 9.88. The third-order valence-corrected chi connectivity index (χ3v) is 12.1. The molecule has 0 aliphatic carbocycles. The van der Waals surface area contributed by atoms with E-state index < -0.39 is 0 Å². The summed E-state index contributed by atoms with van der Waals surface area (Å²) in [5, 5.41) is 22.6. The van der Waals surface area contributed by atoms with Gasteiger partial charge in [-0.05, 0) is 110 Å². The van der Waals surface area contributed by atoms with Crippen molar-refractivity contribution in [2.45, 2.75) is 0 Å². The van der Waals surface area contributed by atoms with Crippen LogP contribution in [0.1, 0.15) is 0 Å². The van der Waals surface area contributed by atoms with Gasteiger partial charge in [0.05, 0.1) is 0 Å². The zero-order valence-electron chi connectivity index (χ0n) is 28.6. The van der Waals surface area contributed by atoms with Crippen molar-refractivity contribution in [3.05, 3.63) is 170 Å². The summed E-state index contributed by atoms with van der Waals surface area (Å²) in [5.74, 6) is 0. The van der Waals surface area contributed by atoms with Crippen LogP contribution in [0.4, 0.5) is 0 Å². The van der Waals surface area contributed by atoms with Crippen molar-refractivity contribution < 1.29 is 4.42 Å². The van der Waals surface area contributed by atoms with Crippen LogP contribution in [0, 0.1) is 0 Å². The second-order valence-corrected chi connectivity index (χ2v) is 14.7. The molecule has 0 N–H and O–H groups in total. The summed E-state index contributed by atoms with van der Waals surface area (Å²) in [6, 6.07) is 63.1. The molecule has 0 bridgehead atoms. The van der Waals surface area contributed by atoms with E-state index in [9.17, 15) is 0 Å². The molecule has 1 heteroatoms. The molecule has 0 aliphatic rings. The van der Waals surface area contributed by atoms with Gasteiger partial charge in [0.2, 0.25) is 0 Å². The van der Waals surface area contributed by atoms with Gasteiger partial charge in [0.25, 0.3) is 0 Å². The standard InChI is InChI=1S/C52H28O/c1-2-11-36-29(6-1)18-27-43-50-40-13-5-12-37(38-23-19-34-16-14-30-7-3-9-32-21-25-41(38)48(34)46(30)32)44(40)28-45(52(50)53-51(36)43)39-24-20-35-17-15-31-8-4-10-33-22-26-42(39)49(35)47(31)33/h1-28H. The SMILES string of the molecule is c1ccc2c(c1)ccc1c2oc2c(-c3ccc4ccc5cccc6ccc3c4c56)cc3c(-c4ccc5ccc6cccc7ccc4c5c67)cccc3c21. The molecule has 0 saturated carbocycles. The minimum Gasteiger partial charge on any atom is -0.455 e. The molecule has 0 fully saturated rings. The molecule has 53 heavy (non-hydrogen) atoms. The molecule has 0 unspecified atom stereocenters. The molecule has 0 radical (unpaired) electrons. The van der Waals surface area contributed by atoms with E-state index in [1.54, 1.807) is 0 Å². The van der Waals surface area contributed by atoms with Crippen LogP contribution in [0.2, 0.25) is 0 Å². The average Bonchev–Trinajstić information content (AvgIpc) is 3.62. The summed E-state index contributed by atoms with van der Waals surface area (Å²) in [4.78, 5) is 0. The first-order valence-electron chi connectivity index (χ1n) is 18.4. The summed E-state index contributed by atoms with van der Waals surface area (Å²) in [7, 11) is 0. The first kappa shape index (κ1) is 27.7. The first-order valence-corrected chi connectivity index (χ1v) is 18.4. The molecule has 0 aliphatic heterocycles. The van der Waals surface area contributed by atoms with E-state index in [1.807, 2.05) is 0 Å². The van der Waals surface area contributed by atoms with Gasteiger partial charge in [0.15, 0.2) is 0 Å². The quantitative estimate of drug-likeness (QED) is 0.167. The van der Waals surface area contributed by atoms with E-state index in [0.717, 1.165) is 27.5 Å². The van der Waals surface area contributed by atoms with E-state index in [4.69, 9.17) is 4.42 Å². The van der Waals surface area contributed by atoms with Gasteiger partial charge in [0, 0.05) is 21.7 Å². The molecule has 0 amide bonds. The predicted octanol–water partition coefficient (Wildman–Crippen LogP) is 15.0. The summed E-state index contributed by atoms with van der Waals surface area (Å²) in [5.41, 5.74) is 6.67. The van der Waals surface area contributed by atoms with Gasteiger partial charge in [-0.25, -0.2) is 0 Å². The van der Waals surface area contributed by atoms with Gasteiger partial charge < -0.3 is 4.42 Å². The van der Waals surface area contributed by atoms with Gasteiger partial charge in [-0.15, -0.1) is 0 Å². The maximum absolute atomic E-state index is 7.14. The maximum Gasteiger partial charge on any atom is 0.143 e. The van der Waals surface area contributed by atoms with Crippen molar-refractivity contribution in [2.24, 2.45) is 0 Å². The lowest BCUT2D eigenvalue weighted by Crippen LogP contribution is -1.91. The lowest BCUT2D eigenvalue weighted by atomic mass is 9.85. The van der Waals surface area contributed by atoms with Gasteiger partial charge in [-0.2, -0.15) is 0 Å². The lowest BCUT2D eigenvalue weighted by molar-refractivity contribution is 0.674. The molecule has 1 nitrogen and oxygen atoms in total. The average molecular weight is 669 g/mol. The number of benzene rings is 12. The fourth-order valence-corrected chi connectivity index (χ4v) is 9.81. The fraction of sp³-hybridized carbons (Fsp3) is 0. The third kappa shape index (κ3) is 3.56. The molecule has 0 spiro atoms. The highest BCUT2D eigenvalue weighted by atomic mass is 16.3. The van der Waals surface area contributed by atoms with E-state index >= 15 is 0 Å². The van der Waals surface area contributed by atoms with Gasteiger partial charge in [-0.1, -0.05) is 158 Å². The lowest BCUT2D eigenvalue weighted by Gasteiger charge is -2.17. The smallest absolute Gasteiger partial charge is 0.143 e. The van der Waals surface area contributed by atoms with E-state index in [2.05, 4.69) is 170 Å². The minimum absolute atomic E-state index is 0.936. The molecular weight excluding hydrogens is 641 g/mol. The molecular formula is C52H28O. The molecule has 1 heterocycles. The van der Waals surface area contributed by atoms with Gasteiger partial charge >= 0.3 is 0 Å².